The van der Waals surface area contributed by atoms with E-state index in [1.807, 2.05) is 6.92 Å². The summed E-state index contributed by atoms with van der Waals surface area (Å²) in [6.45, 7) is 6.92. The third kappa shape index (κ3) is 8.23. The molecular weight excluding hydrogens is 520 g/mol. The molecule has 0 aromatic rings. The second-order valence-electron chi connectivity index (χ2n) is 10.1. The van der Waals surface area contributed by atoms with Crippen LogP contribution in [0.4, 0.5) is 4.79 Å². The van der Waals surface area contributed by atoms with Crippen LogP contribution in [-0.4, -0.2) is 74.4 Å². The Balaban J connectivity index is 2.60. The summed E-state index contributed by atoms with van der Waals surface area (Å²) in [5.74, 6) is -2.39. The number of hydrogen-bond acceptors (Lipinski definition) is 9. The van der Waals surface area contributed by atoms with Gasteiger partial charge in [0.1, 0.15) is 6.10 Å². The second-order valence-corrected chi connectivity index (χ2v) is 10.1. The van der Waals surface area contributed by atoms with Crippen LogP contribution in [-0.2, 0) is 33.3 Å². The maximum Gasteiger partial charge on any atom is 0.405 e. The number of rotatable bonds is 4. The average Bonchev–Trinajstić information content (AvgIpc) is 2.90. The molecule has 0 unspecified atom stereocenters. The lowest BCUT2D eigenvalue weighted by Gasteiger charge is -2.29. The number of methoxy groups -OCH3 is 3. The van der Waals surface area contributed by atoms with E-state index in [1.54, 1.807) is 32.1 Å². The first kappa shape index (κ1) is 32.7. The highest BCUT2D eigenvalue weighted by Gasteiger charge is 2.34. The largest absolute Gasteiger partial charge is 0.492 e. The van der Waals surface area contributed by atoms with Gasteiger partial charge in [0.15, 0.2) is 11.9 Å². The molecule has 0 aromatic carbocycles. The minimum absolute atomic E-state index is 0.0801. The fraction of sp³-hybridized carbons (Fsp3) is 0.517. The van der Waals surface area contributed by atoms with E-state index < -0.39 is 53.9 Å². The molecule has 2 bridgehead atoms. The molecule has 0 spiro atoms. The molecule has 1 heterocycles. The van der Waals surface area contributed by atoms with Crippen molar-refractivity contribution in [3.05, 3.63) is 58.6 Å². The Morgan fingerprint density at radius 2 is 1.77 bits per heavy atom. The van der Waals surface area contributed by atoms with Crippen molar-refractivity contribution < 1.29 is 43.2 Å². The number of fused-ring (bicyclic) bond motifs is 2. The summed E-state index contributed by atoms with van der Waals surface area (Å²) in [5, 5.41) is 13.7. The van der Waals surface area contributed by atoms with Crippen LogP contribution in [0.5, 0.6) is 0 Å². The molecule has 0 fully saturated rings. The van der Waals surface area contributed by atoms with Crippen LogP contribution < -0.4 is 11.1 Å². The van der Waals surface area contributed by atoms with Crippen molar-refractivity contribution in [2.24, 2.45) is 17.6 Å². The normalized spacial score (nSPS) is 32.7. The van der Waals surface area contributed by atoms with E-state index in [-0.39, 0.29) is 34.9 Å². The summed E-state index contributed by atoms with van der Waals surface area (Å²) in [5.41, 5.74) is 6.12. The van der Waals surface area contributed by atoms with Crippen LogP contribution in [0.25, 0.3) is 0 Å². The van der Waals surface area contributed by atoms with Gasteiger partial charge in [-0.3, -0.25) is 14.4 Å². The molecule has 0 saturated carbocycles. The Bertz CT molecular complexity index is 1150. The monoisotopic (exact) mass is 560 g/mol. The third-order valence-corrected chi connectivity index (χ3v) is 6.95. The van der Waals surface area contributed by atoms with Gasteiger partial charge in [0, 0.05) is 37.4 Å². The number of nitrogens with two attached hydrogens (primary N) is 1. The van der Waals surface area contributed by atoms with E-state index in [0.29, 0.717) is 12.0 Å². The van der Waals surface area contributed by atoms with E-state index in [2.05, 4.69) is 5.32 Å². The first-order valence-electron chi connectivity index (χ1n) is 13.0. The molecule has 0 saturated heterocycles. The van der Waals surface area contributed by atoms with Gasteiger partial charge in [-0.15, -0.1) is 0 Å². The van der Waals surface area contributed by atoms with E-state index in [1.165, 1.54) is 34.3 Å². The molecule has 11 heteroatoms. The van der Waals surface area contributed by atoms with Gasteiger partial charge in [-0.05, 0) is 38.2 Å². The van der Waals surface area contributed by atoms with Crippen molar-refractivity contribution in [3.63, 3.8) is 0 Å². The Morgan fingerprint density at radius 1 is 1.10 bits per heavy atom. The first-order valence-corrected chi connectivity index (χ1v) is 13.0. The second kappa shape index (κ2) is 14.7. The smallest absolute Gasteiger partial charge is 0.405 e. The first-order chi connectivity index (χ1) is 18.8. The number of nitrogens with one attached hydrogen (secondary N) is 1. The number of ketones is 2. The summed E-state index contributed by atoms with van der Waals surface area (Å²) in [6, 6.07) is 0. The van der Waals surface area contributed by atoms with Gasteiger partial charge in [0.2, 0.25) is 11.6 Å². The standard InChI is InChI=1S/C29H40N2O9/c1-15-11-19-25(34)20(14-21(32)27(19)39-7)31-28(35)16(2)9-8-10-22(37-5)26(40-29(30)36)18(4)13-17(3)24(33)23(12-15)38-6/h8-10,13-15,17,22-24,26,33H,11-12H2,1-7H3,(H2,30,36)(H,31,35)/b10-8+,16-9+,18-13+/t15-,17+,22+,23+,24+,26+/m0/s1. The number of primary amides is 1. The summed E-state index contributed by atoms with van der Waals surface area (Å²) in [7, 11) is 4.21. The van der Waals surface area contributed by atoms with Crippen LogP contribution in [0.2, 0.25) is 0 Å². The van der Waals surface area contributed by atoms with Crippen LogP contribution >= 0.6 is 0 Å². The van der Waals surface area contributed by atoms with Crippen molar-refractivity contribution >= 4 is 23.6 Å². The minimum Gasteiger partial charge on any atom is -0.492 e. The van der Waals surface area contributed by atoms with Crippen LogP contribution in [0, 0.1) is 11.8 Å². The molecule has 220 valence electrons. The molecule has 0 radical (unpaired) electrons. The highest BCUT2D eigenvalue weighted by molar-refractivity contribution is 6.23. The highest BCUT2D eigenvalue weighted by atomic mass is 16.6. The Morgan fingerprint density at radius 3 is 2.35 bits per heavy atom. The third-order valence-electron chi connectivity index (χ3n) is 6.95. The number of aliphatic hydroxyl groups is 1. The van der Waals surface area contributed by atoms with Gasteiger partial charge in [0.25, 0.3) is 5.91 Å². The number of amides is 2. The van der Waals surface area contributed by atoms with Crippen molar-refractivity contribution in [1.29, 1.82) is 0 Å². The molecule has 2 amide bonds. The van der Waals surface area contributed by atoms with E-state index in [9.17, 15) is 24.3 Å². The number of Topliss-reactive ketones (excluding diaryl/α,β-unsaturated/α-hetero) is 1. The topological polar surface area (TPSA) is 163 Å². The van der Waals surface area contributed by atoms with Crippen molar-refractivity contribution in [1.82, 2.24) is 5.32 Å². The van der Waals surface area contributed by atoms with Crippen LogP contribution in [0.1, 0.15) is 40.5 Å². The van der Waals surface area contributed by atoms with Gasteiger partial charge >= 0.3 is 6.09 Å². The fourth-order valence-corrected chi connectivity index (χ4v) is 4.78. The maximum atomic E-state index is 13.3. The Labute approximate surface area is 234 Å². The molecule has 11 nitrogen and oxygen atoms in total. The van der Waals surface area contributed by atoms with Gasteiger partial charge < -0.3 is 35.1 Å². The van der Waals surface area contributed by atoms with E-state index >= 15 is 0 Å². The molecule has 6 atom stereocenters. The summed E-state index contributed by atoms with van der Waals surface area (Å²) < 4.78 is 21.7. The zero-order valence-corrected chi connectivity index (χ0v) is 24.1. The number of aliphatic hydroxyl groups excluding tert-OH is 1. The van der Waals surface area contributed by atoms with Gasteiger partial charge in [-0.25, -0.2) is 4.79 Å². The lowest BCUT2D eigenvalue weighted by atomic mass is 9.85. The summed E-state index contributed by atoms with van der Waals surface area (Å²) in [4.78, 5) is 50.6. The molecule has 1 aliphatic carbocycles. The minimum atomic E-state index is -1.00. The average molecular weight is 561 g/mol. The zero-order valence-electron chi connectivity index (χ0n) is 24.1. The van der Waals surface area contributed by atoms with Crippen LogP contribution in [0.3, 0.4) is 0 Å². The molecular formula is C29H40N2O9. The number of carbonyl (C=O) groups excluding carboxylic acids is 4. The zero-order chi connectivity index (χ0) is 30.1. The molecule has 0 aromatic heterocycles. The van der Waals surface area contributed by atoms with Crippen LogP contribution in [0.15, 0.2) is 58.6 Å². The van der Waals surface area contributed by atoms with Gasteiger partial charge in [-0.1, -0.05) is 38.2 Å². The molecule has 40 heavy (non-hydrogen) atoms. The van der Waals surface area contributed by atoms with Gasteiger partial charge in [0.05, 0.1) is 25.0 Å². The molecule has 2 aliphatic rings. The predicted molar refractivity (Wildman–Crippen MR) is 147 cm³/mol. The molecule has 4 N–H and O–H groups in total. The summed E-state index contributed by atoms with van der Waals surface area (Å²) >= 11 is 0. The number of allylic oxidation sites excluding steroid dienone is 4. The molecule has 2 rings (SSSR count). The maximum absolute atomic E-state index is 13.3. The van der Waals surface area contributed by atoms with Crippen molar-refractivity contribution in [2.45, 2.75) is 65.0 Å². The Hall–Kier alpha value is -3.54. The summed E-state index contributed by atoms with van der Waals surface area (Å²) in [6.07, 6.45) is 3.61. The van der Waals surface area contributed by atoms with Gasteiger partial charge in [-0.2, -0.15) is 0 Å². The lowest BCUT2D eigenvalue weighted by molar-refractivity contribution is -0.120. The van der Waals surface area contributed by atoms with Crippen molar-refractivity contribution in [3.8, 4) is 0 Å². The number of carbonyl (C=O) groups is 4. The quantitative estimate of drug-likeness (QED) is 0.346. The molecule has 1 aliphatic heterocycles. The Kier molecular flexibility index (Phi) is 12.0. The fourth-order valence-electron chi connectivity index (χ4n) is 4.78. The lowest BCUT2D eigenvalue weighted by Crippen LogP contribution is -2.37. The van der Waals surface area contributed by atoms with Crippen molar-refractivity contribution in [2.75, 3.05) is 21.3 Å². The van der Waals surface area contributed by atoms with E-state index in [4.69, 9.17) is 24.7 Å². The predicted octanol–water partition coefficient (Wildman–Crippen LogP) is 2.41. The van der Waals surface area contributed by atoms with E-state index in [0.717, 1.165) is 6.08 Å². The number of ether oxygens (including phenoxy) is 4. The number of hydrogen-bond donors (Lipinski definition) is 3. The highest BCUT2D eigenvalue weighted by Crippen LogP contribution is 2.29. The SMILES string of the molecule is COC1=C2C[C@H](C)C[C@@H](OC)[C@H](O)[C@H](C)/C=C(\C)[C@@H](OC(N)=O)[C@H](OC)/C=C/C=C(\C)C(=O)NC(=CC1=O)C2=O.